The van der Waals surface area contributed by atoms with E-state index in [2.05, 4.69) is 5.32 Å². The average molecular weight is 411 g/mol. The van der Waals surface area contributed by atoms with E-state index in [9.17, 15) is 13.2 Å². The Hall–Kier alpha value is -1.48. The number of carbonyl (C=O) groups excluding carboxylic acids is 1. The highest BCUT2D eigenvalue weighted by molar-refractivity contribution is 7.89. The number of piperidine rings is 1. The van der Waals surface area contributed by atoms with Gasteiger partial charge >= 0.3 is 0 Å². The van der Waals surface area contributed by atoms with Crippen LogP contribution in [-0.2, 0) is 19.6 Å². The first kappa shape index (κ1) is 21.2. The number of hydrogen-bond acceptors (Lipinski definition) is 4. The number of morpholine rings is 1. The topological polar surface area (TPSA) is 80.1 Å². The van der Waals surface area contributed by atoms with Crippen LogP contribution in [0, 0.1) is 6.92 Å². The number of aryl methyl sites for hydroxylation is 1. The number of benzene rings is 1. The number of carbonyl (C=O) groups is 1. The molecule has 3 rings (SSSR count). The van der Waals surface area contributed by atoms with Gasteiger partial charge in [0.1, 0.15) is 25.3 Å². The van der Waals surface area contributed by atoms with Gasteiger partial charge in [0.15, 0.2) is 6.54 Å². The van der Waals surface area contributed by atoms with E-state index in [1.54, 1.807) is 29.4 Å². The lowest BCUT2D eigenvalue weighted by molar-refractivity contribution is -0.907. The molecule has 1 aromatic carbocycles. The van der Waals surface area contributed by atoms with Crippen molar-refractivity contribution >= 4 is 21.6 Å². The zero-order valence-electron chi connectivity index (χ0n) is 17.0. The Labute approximate surface area is 168 Å². The highest BCUT2D eigenvalue weighted by atomic mass is 32.2. The van der Waals surface area contributed by atoms with Gasteiger partial charge in [0.25, 0.3) is 5.91 Å². The third-order valence-electron chi connectivity index (χ3n) is 5.43. The Kier molecular flexibility index (Phi) is 6.75. The predicted octanol–water partition coefficient (Wildman–Crippen LogP) is 0.800. The minimum Gasteiger partial charge on any atom is -0.364 e. The smallest absolute Gasteiger partial charge is 0.279 e. The second-order valence-electron chi connectivity index (χ2n) is 8.09. The van der Waals surface area contributed by atoms with Gasteiger partial charge in [-0.25, -0.2) is 8.42 Å². The van der Waals surface area contributed by atoms with E-state index in [0.29, 0.717) is 30.9 Å². The molecule has 0 aliphatic carbocycles. The molecule has 0 unspecified atom stereocenters. The predicted molar refractivity (Wildman–Crippen MR) is 108 cm³/mol. The number of nitrogens with one attached hydrogen (secondary N) is 2. The minimum atomic E-state index is -3.53. The van der Waals surface area contributed by atoms with E-state index < -0.39 is 10.0 Å². The fourth-order valence-corrected chi connectivity index (χ4v) is 5.93. The normalized spacial score (nSPS) is 26.8. The van der Waals surface area contributed by atoms with Gasteiger partial charge in [-0.1, -0.05) is 12.5 Å². The summed E-state index contributed by atoms with van der Waals surface area (Å²) >= 11 is 0. The molecule has 2 saturated heterocycles. The van der Waals surface area contributed by atoms with Gasteiger partial charge in [-0.15, -0.1) is 0 Å². The molecule has 2 aliphatic heterocycles. The van der Waals surface area contributed by atoms with E-state index in [-0.39, 0.29) is 23.0 Å². The maximum atomic E-state index is 13.0. The number of nitrogens with zero attached hydrogens (tertiary/aromatic N) is 1. The number of ether oxygens (including phenoxy) is 1. The van der Waals surface area contributed by atoms with Crippen LogP contribution in [0.25, 0.3) is 0 Å². The summed E-state index contributed by atoms with van der Waals surface area (Å²) in [5, 5.41) is 2.88. The summed E-state index contributed by atoms with van der Waals surface area (Å²) in [6.45, 7) is 8.89. The van der Waals surface area contributed by atoms with Gasteiger partial charge in [0, 0.05) is 18.8 Å². The number of rotatable bonds is 5. The molecule has 0 aromatic heterocycles. The lowest BCUT2D eigenvalue weighted by Gasteiger charge is -2.31. The van der Waals surface area contributed by atoms with Crippen LogP contribution in [0.15, 0.2) is 23.1 Å². The molecule has 2 heterocycles. The van der Waals surface area contributed by atoms with Crippen LogP contribution < -0.4 is 10.2 Å². The minimum absolute atomic E-state index is 0.110. The van der Waals surface area contributed by atoms with E-state index in [4.69, 9.17) is 4.74 Å². The van der Waals surface area contributed by atoms with Crippen molar-refractivity contribution in [2.45, 2.75) is 57.1 Å². The van der Waals surface area contributed by atoms with E-state index in [1.165, 1.54) is 4.90 Å². The van der Waals surface area contributed by atoms with Gasteiger partial charge in [0.2, 0.25) is 10.0 Å². The van der Waals surface area contributed by atoms with Crippen molar-refractivity contribution in [1.82, 2.24) is 4.31 Å². The molecule has 2 aliphatic rings. The third kappa shape index (κ3) is 5.11. The Morgan fingerprint density at radius 3 is 2.46 bits per heavy atom. The van der Waals surface area contributed by atoms with Crippen LogP contribution in [-0.4, -0.2) is 63.6 Å². The molecular weight excluding hydrogens is 378 g/mol. The molecule has 7 nitrogen and oxygen atoms in total. The van der Waals surface area contributed by atoms with Crippen LogP contribution >= 0.6 is 0 Å². The molecule has 8 heteroatoms. The molecule has 0 radical (unpaired) electrons. The van der Waals surface area contributed by atoms with Crippen molar-refractivity contribution in [2.75, 3.05) is 38.0 Å². The van der Waals surface area contributed by atoms with Crippen molar-refractivity contribution in [3.63, 3.8) is 0 Å². The Morgan fingerprint density at radius 1 is 1.18 bits per heavy atom. The Balaban J connectivity index is 1.69. The van der Waals surface area contributed by atoms with Crippen LogP contribution in [0.4, 0.5) is 5.69 Å². The van der Waals surface area contributed by atoms with Crippen molar-refractivity contribution in [3.05, 3.63) is 23.8 Å². The Bertz CT molecular complexity index is 796. The van der Waals surface area contributed by atoms with Crippen molar-refractivity contribution in [1.29, 1.82) is 0 Å². The highest BCUT2D eigenvalue weighted by Crippen LogP contribution is 2.26. The first-order valence-electron chi connectivity index (χ1n) is 10.2. The molecule has 0 spiro atoms. The summed E-state index contributed by atoms with van der Waals surface area (Å²) < 4.78 is 33.3. The summed E-state index contributed by atoms with van der Waals surface area (Å²) in [5.41, 5.74) is 1.23. The monoisotopic (exact) mass is 410 g/mol. The quantitative estimate of drug-likeness (QED) is 0.753. The molecule has 1 amide bonds. The largest absolute Gasteiger partial charge is 0.364 e. The van der Waals surface area contributed by atoms with Gasteiger partial charge in [-0.3, -0.25) is 4.79 Å². The fourth-order valence-electron chi connectivity index (χ4n) is 4.17. The van der Waals surface area contributed by atoms with Gasteiger partial charge in [0.05, 0.1) is 4.90 Å². The van der Waals surface area contributed by atoms with Gasteiger partial charge in [-0.2, -0.15) is 4.31 Å². The van der Waals surface area contributed by atoms with Gasteiger partial charge < -0.3 is 15.0 Å². The van der Waals surface area contributed by atoms with Crippen LogP contribution in [0.1, 0.15) is 38.7 Å². The molecular formula is C20H32N3O4S+. The van der Waals surface area contributed by atoms with Crippen LogP contribution in [0.2, 0.25) is 0 Å². The summed E-state index contributed by atoms with van der Waals surface area (Å²) in [6.07, 6.45) is 3.13. The van der Waals surface area contributed by atoms with E-state index in [1.807, 2.05) is 13.8 Å². The third-order valence-corrected chi connectivity index (χ3v) is 7.47. The van der Waals surface area contributed by atoms with Crippen molar-refractivity contribution < 1.29 is 22.8 Å². The summed E-state index contributed by atoms with van der Waals surface area (Å²) in [4.78, 5) is 14.0. The number of amides is 1. The second kappa shape index (κ2) is 8.90. The molecule has 156 valence electrons. The highest BCUT2D eigenvalue weighted by Gasteiger charge is 2.29. The molecule has 0 bridgehead atoms. The van der Waals surface area contributed by atoms with Crippen LogP contribution in [0.5, 0.6) is 0 Å². The number of anilines is 1. The molecule has 2 N–H and O–H groups in total. The molecule has 2 fully saturated rings. The standard InChI is InChI=1S/C20H31N3O4S/c1-15-7-8-18(11-19(15)28(25,26)23-9-5-4-6-10-23)21-20(24)14-22-12-16(2)27-17(3)13-22/h7-8,11,16-17H,4-6,9-10,12-14H2,1-3H3,(H,21,24)/p+1/t16-,17-/m0/s1. The summed E-state index contributed by atoms with van der Waals surface area (Å²) in [5.74, 6) is -0.110. The van der Waals surface area contributed by atoms with Crippen molar-refractivity contribution in [3.8, 4) is 0 Å². The van der Waals surface area contributed by atoms with E-state index in [0.717, 1.165) is 32.4 Å². The van der Waals surface area contributed by atoms with E-state index >= 15 is 0 Å². The first-order chi connectivity index (χ1) is 13.3. The molecule has 28 heavy (non-hydrogen) atoms. The second-order valence-corrected chi connectivity index (χ2v) is 9.99. The lowest BCUT2D eigenvalue weighted by Crippen LogP contribution is -3.16. The Morgan fingerprint density at radius 2 is 1.82 bits per heavy atom. The number of hydrogen-bond donors (Lipinski definition) is 2. The zero-order chi connectivity index (χ0) is 20.3. The SMILES string of the molecule is Cc1ccc(NC(=O)C[NH+]2C[C@H](C)O[C@@H](C)C2)cc1S(=O)(=O)N1CCCCC1. The molecule has 1 aromatic rings. The van der Waals surface area contributed by atoms with Gasteiger partial charge in [-0.05, 0) is 51.3 Å². The summed E-state index contributed by atoms with van der Waals surface area (Å²) in [6, 6.07) is 5.12. The van der Waals surface area contributed by atoms with Crippen LogP contribution in [0.3, 0.4) is 0 Å². The molecule has 0 saturated carbocycles. The average Bonchev–Trinajstić information content (AvgIpc) is 2.63. The molecule has 2 atom stereocenters. The van der Waals surface area contributed by atoms with Crippen molar-refractivity contribution in [2.24, 2.45) is 0 Å². The number of quaternary nitrogens is 1. The summed E-state index contributed by atoms with van der Waals surface area (Å²) in [7, 11) is -3.53. The first-order valence-corrected chi connectivity index (χ1v) is 11.6. The lowest BCUT2D eigenvalue weighted by atomic mass is 10.2. The fraction of sp³-hybridized carbons (Fsp3) is 0.650. The number of sulfonamides is 1. The maximum Gasteiger partial charge on any atom is 0.279 e. The maximum absolute atomic E-state index is 13.0. The zero-order valence-corrected chi connectivity index (χ0v) is 17.8.